The van der Waals surface area contributed by atoms with Crippen molar-refractivity contribution in [1.82, 2.24) is 4.98 Å². The molecule has 0 aliphatic heterocycles. The molecule has 0 atom stereocenters. The number of amides is 1. The lowest BCUT2D eigenvalue weighted by atomic mass is 10.1. The van der Waals surface area contributed by atoms with Crippen LogP contribution in [0.4, 0.5) is 11.5 Å². The second kappa shape index (κ2) is 6.06. The molecule has 1 aromatic heterocycles. The first kappa shape index (κ1) is 13.9. The Labute approximate surface area is 118 Å². The van der Waals surface area contributed by atoms with E-state index in [1.807, 2.05) is 48.2 Å². The molecule has 0 aliphatic carbocycles. The number of anilines is 2. The van der Waals surface area contributed by atoms with Gasteiger partial charge in [-0.15, -0.1) is 0 Å². The number of para-hydroxylation sites is 1. The van der Waals surface area contributed by atoms with Crippen molar-refractivity contribution in [3.05, 3.63) is 53.7 Å². The van der Waals surface area contributed by atoms with Crippen LogP contribution in [0, 0.1) is 6.92 Å². The van der Waals surface area contributed by atoms with Crippen molar-refractivity contribution < 1.29 is 4.79 Å². The van der Waals surface area contributed by atoms with Crippen LogP contribution in [0.1, 0.15) is 11.1 Å². The smallest absolute Gasteiger partial charge is 0.237 e. The molecule has 0 saturated heterocycles. The maximum Gasteiger partial charge on any atom is 0.237 e. The quantitative estimate of drug-likeness (QED) is 0.805. The predicted molar refractivity (Wildman–Crippen MR) is 80.1 cm³/mol. The third-order valence-corrected chi connectivity index (χ3v) is 2.98. The van der Waals surface area contributed by atoms with Crippen molar-refractivity contribution in [2.75, 3.05) is 17.2 Å². The Morgan fingerprint density at radius 2 is 2.00 bits per heavy atom. The van der Waals surface area contributed by atoms with Gasteiger partial charge in [0.05, 0.1) is 6.54 Å². The molecule has 1 heterocycles. The standard InChI is InChI=1S/C15H18N4O/c1-11-6-7-15(18-8-11)19(10-14(17)20)9-12-4-2-3-5-13(12)16/h2-8H,9-10,16H2,1H3,(H2,17,20). The van der Waals surface area contributed by atoms with Crippen LogP contribution in [0.3, 0.4) is 0 Å². The third kappa shape index (κ3) is 3.47. The molecule has 5 heteroatoms. The molecule has 4 N–H and O–H groups in total. The second-order valence-corrected chi connectivity index (χ2v) is 4.71. The molecule has 1 amide bonds. The first-order valence-corrected chi connectivity index (χ1v) is 6.35. The fraction of sp³-hybridized carbons (Fsp3) is 0.200. The van der Waals surface area contributed by atoms with Gasteiger partial charge in [-0.25, -0.2) is 4.98 Å². The van der Waals surface area contributed by atoms with E-state index in [0.29, 0.717) is 18.1 Å². The van der Waals surface area contributed by atoms with Gasteiger partial charge in [0.1, 0.15) is 5.82 Å². The number of primary amides is 1. The number of hydrogen-bond acceptors (Lipinski definition) is 4. The van der Waals surface area contributed by atoms with Gasteiger partial charge in [-0.05, 0) is 30.2 Å². The Bertz CT molecular complexity index is 595. The number of carbonyl (C=O) groups is 1. The van der Waals surface area contributed by atoms with Gasteiger partial charge in [0.2, 0.25) is 5.91 Å². The molecule has 0 bridgehead atoms. The number of carbonyl (C=O) groups excluding carboxylic acids is 1. The highest BCUT2D eigenvalue weighted by Gasteiger charge is 2.12. The number of nitrogens with zero attached hydrogens (tertiary/aromatic N) is 2. The number of hydrogen-bond donors (Lipinski definition) is 2. The zero-order valence-electron chi connectivity index (χ0n) is 11.4. The van der Waals surface area contributed by atoms with Crippen LogP contribution in [0.15, 0.2) is 42.6 Å². The monoisotopic (exact) mass is 270 g/mol. The fourth-order valence-corrected chi connectivity index (χ4v) is 1.94. The van der Waals surface area contributed by atoms with Crippen molar-refractivity contribution in [2.45, 2.75) is 13.5 Å². The first-order valence-electron chi connectivity index (χ1n) is 6.35. The minimum absolute atomic E-state index is 0.102. The van der Waals surface area contributed by atoms with Gasteiger partial charge >= 0.3 is 0 Å². The summed E-state index contributed by atoms with van der Waals surface area (Å²) in [6, 6.07) is 11.4. The van der Waals surface area contributed by atoms with Gasteiger partial charge in [-0.1, -0.05) is 24.3 Å². The van der Waals surface area contributed by atoms with E-state index in [4.69, 9.17) is 11.5 Å². The molecule has 0 aliphatic rings. The summed E-state index contributed by atoms with van der Waals surface area (Å²) in [6.45, 7) is 2.56. The van der Waals surface area contributed by atoms with Crippen LogP contribution in [0.2, 0.25) is 0 Å². The number of nitrogens with two attached hydrogens (primary N) is 2. The summed E-state index contributed by atoms with van der Waals surface area (Å²) >= 11 is 0. The Balaban J connectivity index is 2.26. The molecular weight excluding hydrogens is 252 g/mol. The van der Waals surface area contributed by atoms with Crippen LogP contribution in [0.25, 0.3) is 0 Å². The van der Waals surface area contributed by atoms with Crippen molar-refractivity contribution in [3.8, 4) is 0 Å². The second-order valence-electron chi connectivity index (χ2n) is 4.71. The number of aryl methyl sites for hydroxylation is 1. The highest BCUT2D eigenvalue weighted by Crippen LogP contribution is 2.18. The minimum atomic E-state index is -0.401. The molecule has 1 aromatic carbocycles. The summed E-state index contributed by atoms with van der Waals surface area (Å²) in [5, 5.41) is 0. The molecule has 0 saturated carbocycles. The maximum absolute atomic E-state index is 11.2. The lowest BCUT2D eigenvalue weighted by molar-refractivity contribution is -0.116. The Morgan fingerprint density at radius 3 is 2.60 bits per heavy atom. The van der Waals surface area contributed by atoms with Gasteiger partial charge in [0.25, 0.3) is 0 Å². The van der Waals surface area contributed by atoms with E-state index >= 15 is 0 Å². The SMILES string of the molecule is Cc1ccc(N(CC(N)=O)Cc2ccccc2N)nc1. The van der Waals surface area contributed by atoms with Gasteiger partial charge < -0.3 is 16.4 Å². The number of pyridine rings is 1. The average Bonchev–Trinajstić information content (AvgIpc) is 2.41. The molecule has 2 aromatic rings. The van der Waals surface area contributed by atoms with Crippen LogP contribution in [-0.2, 0) is 11.3 Å². The summed E-state index contributed by atoms with van der Waals surface area (Å²) in [6.07, 6.45) is 1.76. The summed E-state index contributed by atoms with van der Waals surface area (Å²) in [5.74, 6) is 0.305. The van der Waals surface area contributed by atoms with E-state index in [-0.39, 0.29) is 6.54 Å². The largest absolute Gasteiger partial charge is 0.398 e. The van der Waals surface area contributed by atoms with Gasteiger partial charge in [0.15, 0.2) is 0 Å². The summed E-state index contributed by atoms with van der Waals surface area (Å²) in [4.78, 5) is 17.4. The Kier molecular flexibility index (Phi) is 4.20. The highest BCUT2D eigenvalue weighted by molar-refractivity contribution is 5.79. The Morgan fingerprint density at radius 1 is 1.25 bits per heavy atom. The fourth-order valence-electron chi connectivity index (χ4n) is 1.94. The lowest BCUT2D eigenvalue weighted by Gasteiger charge is -2.23. The topological polar surface area (TPSA) is 85.2 Å². The first-order chi connectivity index (χ1) is 9.56. The highest BCUT2D eigenvalue weighted by atomic mass is 16.1. The van der Waals surface area contributed by atoms with Gasteiger partial charge in [-0.3, -0.25) is 4.79 Å². The summed E-state index contributed by atoms with van der Waals surface area (Å²) < 4.78 is 0. The van der Waals surface area contributed by atoms with E-state index in [1.54, 1.807) is 6.20 Å². The number of benzene rings is 1. The zero-order valence-corrected chi connectivity index (χ0v) is 11.4. The number of nitrogen functional groups attached to an aromatic ring is 1. The van der Waals surface area contributed by atoms with Crippen molar-refractivity contribution in [1.29, 1.82) is 0 Å². The molecule has 5 nitrogen and oxygen atoms in total. The van der Waals surface area contributed by atoms with Gasteiger partial charge in [0, 0.05) is 18.4 Å². The van der Waals surface area contributed by atoms with E-state index < -0.39 is 5.91 Å². The van der Waals surface area contributed by atoms with Crippen molar-refractivity contribution in [3.63, 3.8) is 0 Å². The maximum atomic E-state index is 11.2. The normalized spacial score (nSPS) is 10.2. The minimum Gasteiger partial charge on any atom is -0.398 e. The molecule has 0 unspecified atom stereocenters. The number of aromatic nitrogens is 1. The summed E-state index contributed by atoms with van der Waals surface area (Å²) in [7, 11) is 0. The van der Waals surface area contributed by atoms with Crippen molar-refractivity contribution >= 4 is 17.4 Å². The molecular formula is C15H18N4O. The van der Waals surface area contributed by atoms with Crippen LogP contribution < -0.4 is 16.4 Å². The molecule has 0 spiro atoms. The van der Waals surface area contributed by atoms with Crippen LogP contribution in [-0.4, -0.2) is 17.4 Å². The molecule has 0 radical (unpaired) electrons. The molecule has 2 rings (SSSR count). The van der Waals surface area contributed by atoms with E-state index in [0.717, 1.165) is 11.1 Å². The van der Waals surface area contributed by atoms with Crippen LogP contribution >= 0.6 is 0 Å². The van der Waals surface area contributed by atoms with Crippen molar-refractivity contribution in [2.24, 2.45) is 5.73 Å². The molecule has 0 fully saturated rings. The van der Waals surface area contributed by atoms with E-state index in [1.165, 1.54) is 0 Å². The lowest BCUT2D eigenvalue weighted by Crippen LogP contribution is -2.34. The summed E-state index contributed by atoms with van der Waals surface area (Å²) in [5.41, 5.74) is 13.9. The van der Waals surface area contributed by atoms with Gasteiger partial charge in [-0.2, -0.15) is 0 Å². The molecule has 20 heavy (non-hydrogen) atoms. The molecule has 104 valence electrons. The average molecular weight is 270 g/mol. The zero-order chi connectivity index (χ0) is 14.5. The van der Waals surface area contributed by atoms with Crippen LogP contribution in [0.5, 0.6) is 0 Å². The number of rotatable bonds is 5. The van der Waals surface area contributed by atoms with E-state index in [9.17, 15) is 4.79 Å². The van der Waals surface area contributed by atoms with E-state index in [2.05, 4.69) is 4.98 Å². The predicted octanol–water partition coefficient (Wildman–Crippen LogP) is 1.46. The Hall–Kier alpha value is -2.56. The third-order valence-electron chi connectivity index (χ3n) is 2.98.